The number of nitrogens with one attached hydrogen (secondary N) is 1. The summed E-state index contributed by atoms with van der Waals surface area (Å²) in [5.74, 6) is 2.38. The molecule has 0 aliphatic heterocycles. The molecule has 0 fully saturated rings. The standard InChI is InChI=1S/C39H34N4O/c1-39(2,3)26-21-22-41-38(23-26)43-36-18-9-6-15-32(36)33-20-19-29(25-37(33)43)44-28-12-10-11-27(24-28)42-35-17-8-5-14-31(35)30-13-4-7-16-34(30)40/h4-25,42H,40H2,1-3H3. The maximum Gasteiger partial charge on any atom is 0.137 e. The van der Waals surface area contributed by atoms with Gasteiger partial charge in [0, 0.05) is 57.3 Å². The van der Waals surface area contributed by atoms with Crippen molar-refractivity contribution in [1.29, 1.82) is 0 Å². The molecule has 3 N–H and O–H groups in total. The monoisotopic (exact) mass is 574 g/mol. The summed E-state index contributed by atoms with van der Waals surface area (Å²) in [6, 6.07) is 43.2. The van der Waals surface area contributed by atoms with Crippen molar-refractivity contribution >= 4 is 38.9 Å². The highest BCUT2D eigenvalue weighted by atomic mass is 16.5. The van der Waals surface area contributed by atoms with Gasteiger partial charge < -0.3 is 15.8 Å². The zero-order valence-corrected chi connectivity index (χ0v) is 25.1. The minimum absolute atomic E-state index is 0.0119. The Balaban J connectivity index is 1.24. The van der Waals surface area contributed by atoms with E-state index in [2.05, 4.69) is 91.3 Å². The van der Waals surface area contributed by atoms with E-state index < -0.39 is 0 Å². The van der Waals surface area contributed by atoms with Crippen LogP contribution in [0.5, 0.6) is 11.5 Å². The number of nitrogens with two attached hydrogens (primary N) is 1. The number of anilines is 3. The van der Waals surface area contributed by atoms with Crippen molar-refractivity contribution in [3.05, 3.63) is 139 Å². The van der Waals surface area contributed by atoms with E-state index in [9.17, 15) is 0 Å². The van der Waals surface area contributed by atoms with Crippen molar-refractivity contribution in [1.82, 2.24) is 9.55 Å². The Kier molecular flexibility index (Phi) is 6.78. The van der Waals surface area contributed by atoms with Crippen LogP contribution in [0.25, 0.3) is 38.8 Å². The molecule has 2 heterocycles. The van der Waals surface area contributed by atoms with Crippen molar-refractivity contribution in [2.75, 3.05) is 11.1 Å². The first-order chi connectivity index (χ1) is 21.3. The van der Waals surface area contributed by atoms with Gasteiger partial charge in [0.25, 0.3) is 0 Å². The lowest BCUT2D eigenvalue weighted by atomic mass is 9.88. The number of hydrogen-bond acceptors (Lipinski definition) is 4. The van der Waals surface area contributed by atoms with Gasteiger partial charge in [-0.15, -0.1) is 0 Å². The quantitative estimate of drug-likeness (QED) is 0.194. The van der Waals surface area contributed by atoms with Gasteiger partial charge in [-0.25, -0.2) is 4.98 Å². The molecule has 0 amide bonds. The molecule has 0 bridgehead atoms. The SMILES string of the molecule is CC(C)(C)c1ccnc(-n2c3ccccc3c3ccc(Oc4cccc(Nc5ccccc5-c5ccccc5N)c4)cc32)c1. The second kappa shape index (κ2) is 10.9. The Bertz CT molecular complexity index is 2140. The summed E-state index contributed by atoms with van der Waals surface area (Å²) < 4.78 is 8.70. The fourth-order valence-corrected chi connectivity index (χ4v) is 5.77. The van der Waals surface area contributed by atoms with Gasteiger partial charge >= 0.3 is 0 Å². The van der Waals surface area contributed by atoms with E-state index in [4.69, 9.17) is 15.5 Å². The number of aromatic nitrogens is 2. The fraction of sp³-hybridized carbons (Fsp3) is 0.103. The third-order valence-corrected chi connectivity index (χ3v) is 8.01. The number of benzene rings is 5. The summed E-state index contributed by atoms with van der Waals surface area (Å²) in [5, 5.41) is 5.91. The van der Waals surface area contributed by atoms with Gasteiger partial charge in [0.1, 0.15) is 17.3 Å². The lowest BCUT2D eigenvalue weighted by Gasteiger charge is -2.20. The molecule has 0 saturated carbocycles. The van der Waals surface area contributed by atoms with Crippen LogP contribution in [0, 0.1) is 0 Å². The van der Waals surface area contributed by atoms with Crippen LogP contribution in [0.4, 0.5) is 17.1 Å². The van der Waals surface area contributed by atoms with Gasteiger partial charge in [-0.05, 0) is 65.6 Å². The molecule has 5 heteroatoms. The lowest BCUT2D eigenvalue weighted by Crippen LogP contribution is -2.12. The molecule has 0 atom stereocenters. The van der Waals surface area contributed by atoms with Crippen molar-refractivity contribution in [3.8, 4) is 28.4 Å². The van der Waals surface area contributed by atoms with Crippen LogP contribution < -0.4 is 15.8 Å². The molecular weight excluding hydrogens is 540 g/mol. The maximum atomic E-state index is 6.47. The van der Waals surface area contributed by atoms with Gasteiger partial charge in [-0.1, -0.05) is 81.4 Å². The predicted molar refractivity (Wildman–Crippen MR) is 183 cm³/mol. The number of rotatable bonds is 6. The molecule has 7 aromatic rings. The highest BCUT2D eigenvalue weighted by molar-refractivity contribution is 6.09. The number of para-hydroxylation sites is 3. The smallest absolute Gasteiger partial charge is 0.137 e. The first kappa shape index (κ1) is 27.3. The summed E-state index contributed by atoms with van der Waals surface area (Å²) in [6.45, 7) is 6.67. The average molecular weight is 575 g/mol. The highest BCUT2D eigenvalue weighted by Gasteiger charge is 2.18. The number of fused-ring (bicyclic) bond motifs is 3. The summed E-state index contributed by atoms with van der Waals surface area (Å²) in [7, 11) is 0. The van der Waals surface area contributed by atoms with Crippen LogP contribution in [0.2, 0.25) is 0 Å². The minimum atomic E-state index is 0.0119. The van der Waals surface area contributed by atoms with Gasteiger partial charge in [0.15, 0.2) is 0 Å². The zero-order valence-electron chi connectivity index (χ0n) is 25.1. The van der Waals surface area contributed by atoms with Crippen molar-refractivity contribution in [2.24, 2.45) is 0 Å². The Morgan fingerprint density at radius 1 is 0.659 bits per heavy atom. The summed E-state index contributed by atoms with van der Waals surface area (Å²) >= 11 is 0. The number of hydrogen-bond donors (Lipinski definition) is 2. The molecule has 2 aromatic heterocycles. The van der Waals surface area contributed by atoms with E-state index in [1.165, 1.54) is 10.9 Å². The van der Waals surface area contributed by atoms with E-state index in [0.717, 1.165) is 61.9 Å². The van der Waals surface area contributed by atoms with Crippen molar-refractivity contribution in [2.45, 2.75) is 26.2 Å². The van der Waals surface area contributed by atoms with E-state index in [1.54, 1.807) is 0 Å². The average Bonchev–Trinajstić information content (AvgIpc) is 3.35. The number of pyridine rings is 1. The van der Waals surface area contributed by atoms with Crippen LogP contribution in [0.1, 0.15) is 26.3 Å². The first-order valence-corrected chi connectivity index (χ1v) is 14.8. The molecule has 0 saturated heterocycles. The molecule has 0 radical (unpaired) electrons. The predicted octanol–water partition coefficient (Wildman–Crippen LogP) is 10.3. The molecule has 0 unspecified atom stereocenters. The molecule has 5 nitrogen and oxygen atoms in total. The largest absolute Gasteiger partial charge is 0.457 e. The molecule has 0 spiro atoms. The van der Waals surface area contributed by atoms with E-state index in [-0.39, 0.29) is 5.41 Å². The van der Waals surface area contributed by atoms with E-state index in [0.29, 0.717) is 0 Å². The summed E-state index contributed by atoms with van der Waals surface area (Å²) in [4.78, 5) is 4.80. The third kappa shape index (κ3) is 5.13. The maximum absolute atomic E-state index is 6.47. The number of ether oxygens (including phenoxy) is 1. The minimum Gasteiger partial charge on any atom is -0.457 e. The Labute approximate surface area is 257 Å². The van der Waals surface area contributed by atoms with Crippen molar-refractivity contribution < 1.29 is 4.74 Å². The number of nitrogens with zero attached hydrogens (tertiary/aromatic N) is 2. The molecule has 5 aromatic carbocycles. The first-order valence-electron chi connectivity index (χ1n) is 14.8. The topological polar surface area (TPSA) is 65.1 Å². The molecular formula is C39H34N4O. The third-order valence-electron chi connectivity index (χ3n) is 8.01. The molecule has 7 rings (SSSR count). The number of nitrogen functional groups attached to an aromatic ring is 1. The molecule has 0 aliphatic carbocycles. The van der Waals surface area contributed by atoms with Gasteiger partial charge in [0.05, 0.1) is 11.0 Å². The Hall–Kier alpha value is -5.55. The van der Waals surface area contributed by atoms with Gasteiger partial charge in [0.2, 0.25) is 0 Å². The zero-order chi connectivity index (χ0) is 30.3. The summed E-state index contributed by atoms with van der Waals surface area (Å²) in [5.41, 5.74) is 14.4. The fourth-order valence-electron chi connectivity index (χ4n) is 5.77. The van der Waals surface area contributed by atoms with Crippen molar-refractivity contribution in [3.63, 3.8) is 0 Å². The van der Waals surface area contributed by atoms with Crippen LogP contribution in [-0.2, 0) is 5.41 Å². The normalized spacial score (nSPS) is 11.6. The summed E-state index contributed by atoms with van der Waals surface area (Å²) in [6.07, 6.45) is 1.90. The highest BCUT2D eigenvalue weighted by Crippen LogP contribution is 2.37. The Morgan fingerprint density at radius 3 is 2.23 bits per heavy atom. The lowest BCUT2D eigenvalue weighted by molar-refractivity contribution is 0.483. The second-order valence-electron chi connectivity index (χ2n) is 12.1. The van der Waals surface area contributed by atoms with Crippen LogP contribution in [-0.4, -0.2) is 9.55 Å². The van der Waals surface area contributed by atoms with Crippen LogP contribution in [0.15, 0.2) is 134 Å². The molecule has 216 valence electrons. The van der Waals surface area contributed by atoms with Gasteiger partial charge in [-0.3, -0.25) is 4.57 Å². The van der Waals surface area contributed by atoms with E-state index >= 15 is 0 Å². The van der Waals surface area contributed by atoms with Crippen LogP contribution >= 0.6 is 0 Å². The second-order valence-corrected chi connectivity index (χ2v) is 12.1. The van der Waals surface area contributed by atoms with E-state index in [1.807, 2.05) is 72.9 Å². The van der Waals surface area contributed by atoms with Crippen LogP contribution in [0.3, 0.4) is 0 Å². The molecule has 44 heavy (non-hydrogen) atoms. The van der Waals surface area contributed by atoms with Gasteiger partial charge in [-0.2, -0.15) is 0 Å². The molecule has 0 aliphatic rings. The Morgan fingerprint density at radius 2 is 1.39 bits per heavy atom.